The number of amides is 14. The number of phenols is 2. The van der Waals surface area contributed by atoms with E-state index in [0.717, 1.165) is 33.6 Å². The molecule has 4 bridgehead atoms. The lowest BCUT2D eigenvalue weighted by Crippen LogP contribution is -2.60. The van der Waals surface area contributed by atoms with Gasteiger partial charge in [0.1, 0.15) is 78.1 Å². The Hall–Kier alpha value is -12.7. The molecule has 18 N–H and O–H groups in total. The van der Waals surface area contributed by atoms with E-state index in [4.69, 9.17) is 15.2 Å². The van der Waals surface area contributed by atoms with Crippen molar-refractivity contribution in [3.63, 3.8) is 0 Å². The number of thiazole rings is 1. The minimum absolute atomic E-state index is 0.0160. The first-order chi connectivity index (χ1) is 52.2. The van der Waals surface area contributed by atoms with E-state index < -0.39 is 176 Å². The highest BCUT2D eigenvalue weighted by atomic mass is 32.1. The van der Waals surface area contributed by atoms with Crippen molar-refractivity contribution in [3.05, 3.63) is 166 Å². The molecule has 14 amide bonds. The van der Waals surface area contributed by atoms with Crippen molar-refractivity contribution in [2.24, 2.45) is 5.73 Å². The molecule has 0 saturated carbocycles. The van der Waals surface area contributed by atoms with Gasteiger partial charge in [0.2, 0.25) is 70.9 Å². The van der Waals surface area contributed by atoms with E-state index in [0.29, 0.717) is 27.1 Å². The molecule has 9 atom stereocenters. The third kappa shape index (κ3) is 25.0. The number of phenolic OH excluding ortho intramolecular Hbond substituents is 2. The van der Waals surface area contributed by atoms with Crippen molar-refractivity contribution >= 4 is 99.5 Å². The summed E-state index contributed by atoms with van der Waals surface area (Å²) in [6.07, 6.45) is -0.941. The van der Waals surface area contributed by atoms with Crippen LogP contribution in [0.25, 0.3) is 11.1 Å². The fraction of sp³-hybridized carbons (Fsp3) is 0.373. The lowest BCUT2D eigenvalue weighted by atomic mass is 9.98. The molecular formula is C75H90N16O18S. The third-order valence-electron chi connectivity index (χ3n) is 17.3. The van der Waals surface area contributed by atoms with Gasteiger partial charge < -0.3 is 99.9 Å². The minimum atomic E-state index is -1.76. The van der Waals surface area contributed by atoms with Crippen LogP contribution in [-0.2, 0) is 92.7 Å². The van der Waals surface area contributed by atoms with E-state index in [2.05, 4.69) is 79.4 Å². The smallest absolute Gasteiger partial charge is 0.407 e. The van der Waals surface area contributed by atoms with Gasteiger partial charge in [-0.25, -0.2) is 14.6 Å². The normalized spacial score (nSPS) is 17.8. The lowest BCUT2D eigenvalue weighted by molar-refractivity contribution is -0.134. The molecule has 2 heterocycles. The van der Waals surface area contributed by atoms with Crippen molar-refractivity contribution in [3.8, 4) is 22.6 Å². The van der Waals surface area contributed by atoms with Gasteiger partial charge in [0.05, 0.1) is 26.2 Å². The number of anilines is 1. The summed E-state index contributed by atoms with van der Waals surface area (Å²) in [6.45, 7) is 6.54. The van der Waals surface area contributed by atoms with Crippen molar-refractivity contribution in [2.45, 2.75) is 140 Å². The summed E-state index contributed by atoms with van der Waals surface area (Å²) in [6, 6.07) is 21.2. The zero-order valence-electron chi connectivity index (χ0n) is 61.3. The van der Waals surface area contributed by atoms with Crippen LogP contribution >= 0.6 is 11.3 Å². The topological polar surface area (TPSA) is 505 Å². The van der Waals surface area contributed by atoms with E-state index >= 15 is 0 Å². The highest BCUT2D eigenvalue weighted by Gasteiger charge is 2.35. The Kier molecular flexibility index (Phi) is 29.2. The highest BCUT2D eigenvalue weighted by molar-refractivity contribution is 7.15. The minimum Gasteiger partial charge on any atom is -0.508 e. The molecule has 0 fully saturated rings. The van der Waals surface area contributed by atoms with Crippen LogP contribution in [0, 0.1) is 0 Å². The Bertz CT molecular complexity index is 4340. The summed E-state index contributed by atoms with van der Waals surface area (Å²) >= 11 is 1.10. The first-order valence-corrected chi connectivity index (χ1v) is 36.0. The Morgan fingerprint density at radius 3 is 1.90 bits per heavy atom. The molecule has 6 aromatic rings. The number of carbonyl (C=O) groups is 14. The predicted molar refractivity (Wildman–Crippen MR) is 400 cm³/mol. The summed E-state index contributed by atoms with van der Waals surface area (Å²) < 4.78 is 11.1. The molecule has 1 aromatic heterocycles. The van der Waals surface area contributed by atoms with Crippen LogP contribution in [0.4, 0.5) is 14.7 Å². The molecule has 5 aromatic carbocycles. The van der Waals surface area contributed by atoms with Crippen molar-refractivity contribution in [2.75, 3.05) is 44.6 Å². The second kappa shape index (κ2) is 38.7. The summed E-state index contributed by atoms with van der Waals surface area (Å²) in [7, 11) is 0. The molecule has 34 nitrogen and oxygen atoms in total. The maximum Gasteiger partial charge on any atom is 0.407 e. The number of benzene rings is 5. The Labute approximate surface area is 636 Å². The zero-order chi connectivity index (χ0) is 79.9. The second-order valence-electron chi connectivity index (χ2n) is 27.2. The molecule has 1 aliphatic heterocycles. The predicted octanol–water partition coefficient (Wildman–Crippen LogP) is -0.178. The van der Waals surface area contributed by atoms with Gasteiger partial charge in [-0.2, -0.15) is 0 Å². The van der Waals surface area contributed by atoms with Gasteiger partial charge in [0.25, 0.3) is 0 Å². The maximum atomic E-state index is 14.6. The molecule has 35 heteroatoms. The summed E-state index contributed by atoms with van der Waals surface area (Å²) in [5.41, 5.74) is 10.3. The summed E-state index contributed by atoms with van der Waals surface area (Å²) in [5, 5.41) is 56.3. The molecule has 0 spiro atoms. The number of aromatic hydroxyl groups is 2. The van der Waals surface area contributed by atoms with Gasteiger partial charge >= 0.3 is 12.2 Å². The van der Waals surface area contributed by atoms with Crippen LogP contribution in [-0.4, -0.2) is 198 Å². The number of carbonyl (C=O) groups excluding carboxylic acids is 14. The van der Waals surface area contributed by atoms with Gasteiger partial charge in [-0.1, -0.05) is 103 Å². The van der Waals surface area contributed by atoms with Gasteiger partial charge in [0.15, 0.2) is 5.13 Å². The first-order valence-electron chi connectivity index (χ1n) is 35.2. The fourth-order valence-corrected chi connectivity index (χ4v) is 12.4. The van der Waals surface area contributed by atoms with E-state index in [9.17, 15) is 77.3 Å². The van der Waals surface area contributed by atoms with Gasteiger partial charge in [-0.05, 0) is 111 Å². The number of rotatable bonds is 22. The fourth-order valence-electron chi connectivity index (χ4n) is 11.5. The van der Waals surface area contributed by atoms with Crippen LogP contribution in [0.5, 0.6) is 11.5 Å². The Morgan fingerprint density at radius 1 is 0.618 bits per heavy atom. The number of nitrogens with two attached hydrogens (primary N) is 1. The zero-order valence-corrected chi connectivity index (χ0v) is 62.1. The second-order valence-corrected chi connectivity index (χ2v) is 28.3. The molecule has 8 rings (SSSR count). The van der Waals surface area contributed by atoms with Crippen LogP contribution in [0.2, 0.25) is 0 Å². The number of hydrogen-bond donors (Lipinski definition) is 17. The monoisotopic (exact) mass is 1530 g/mol. The number of nitrogens with one attached hydrogen (secondary N) is 14. The van der Waals surface area contributed by atoms with Gasteiger partial charge in [-0.15, -0.1) is 11.3 Å². The standard InChI is InChI=1S/C75H90N16O18S/c1-39-64(98)78-36-61(95)87-57(70(104)89-54(63(76)97)28-43-15-9-8-10-16-43)33-77-60(94)35-81-72-80-32-48(110-72)31-46-27-45(23-26-59(46)93)30-55(68(102)85-41(3)66(100)83-39)90-71(105)58(34-82-73(106)109-75(5,6)7)88-62(96)37-79-65(99)40(2)84-67(101)42(4)86-69(103)56(29-44-21-24-47(92)25-22-44)91-74(107)108-38-53-51-19-13-11-17-49(51)50-18-12-14-20-52(50)53/h8-27,32,39-42,53-58,92-93H,28-31,33-38H2,1-7H3,(H2,76,97)(H,77,94)(H,78,98)(H,79,99)(H,80,81)(H,82,106)(H,83,100)(H,84,101)(H,85,102)(H,86,103)(H,87,95)(H,88,96)(H,89,104)(H,90,105)(H,91,107)/t39-,40-,41-,42-,54-,55-,56-,57-,58-/m0/s1. The number of alkyl carbamates (subject to hydrolysis) is 2. The molecule has 2 aliphatic rings. The van der Waals surface area contributed by atoms with Gasteiger partial charge in [-0.3, -0.25) is 57.5 Å². The average molecular weight is 1540 g/mol. The van der Waals surface area contributed by atoms with Crippen LogP contribution in [0.15, 0.2) is 128 Å². The Morgan fingerprint density at radius 2 is 1.23 bits per heavy atom. The van der Waals surface area contributed by atoms with Crippen LogP contribution in [0.1, 0.15) is 92.6 Å². The quantitative estimate of drug-likeness (QED) is 0.0419. The Balaban J connectivity index is 0.922. The number of primary amides is 1. The highest BCUT2D eigenvalue weighted by Crippen LogP contribution is 2.44. The number of hydrogen-bond acceptors (Lipinski definition) is 21. The summed E-state index contributed by atoms with van der Waals surface area (Å²) in [5.74, 6) is -11.5. The molecule has 584 valence electrons. The van der Waals surface area contributed by atoms with E-state index in [1.54, 1.807) is 63.2 Å². The largest absolute Gasteiger partial charge is 0.508 e. The molecule has 0 radical (unpaired) electrons. The van der Waals surface area contributed by atoms with E-state index in [-0.39, 0.29) is 54.8 Å². The molecule has 110 heavy (non-hydrogen) atoms. The van der Waals surface area contributed by atoms with Crippen molar-refractivity contribution < 1.29 is 86.8 Å². The van der Waals surface area contributed by atoms with Gasteiger partial charge in [0, 0.05) is 49.2 Å². The first kappa shape index (κ1) is 83.0. The number of fused-ring (bicyclic) bond motifs is 7. The molecule has 0 saturated heterocycles. The number of aromatic nitrogens is 1. The molecule has 0 unspecified atom stereocenters. The SMILES string of the molecule is C[C@H](NC(=O)[C@H](C)NC(=O)[C@H](Cc1ccc(O)cc1)NC(=O)OCC1c2ccccc2-c2ccccc21)C(=O)NCC(=O)N[C@@H](CNC(=O)OC(C)(C)C)C(=O)N[C@H]1Cc2ccc(O)c(c2)Cc2cnc(s2)NCC(=O)NC[C@@H](C(=O)N[C@@H](Cc2ccccc2)C(N)=O)NC(=O)CNC(=O)[C@H](C)NC(=O)[C@H](C)NC1=O. The average Bonchev–Trinajstić information content (AvgIpc) is 1.61. The van der Waals surface area contributed by atoms with Crippen LogP contribution in [0.3, 0.4) is 0 Å². The number of ether oxygens (including phenoxy) is 2. The van der Waals surface area contributed by atoms with Crippen molar-refractivity contribution in [1.82, 2.24) is 74.1 Å². The van der Waals surface area contributed by atoms with E-state index in [1.165, 1.54) is 64.2 Å². The maximum absolute atomic E-state index is 14.6. The van der Waals surface area contributed by atoms with E-state index in [1.807, 2.05) is 48.5 Å². The third-order valence-corrected chi connectivity index (χ3v) is 18.3. The molecule has 1 aliphatic carbocycles. The van der Waals surface area contributed by atoms with Crippen LogP contribution < -0.4 is 80.2 Å². The lowest BCUT2D eigenvalue weighted by Gasteiger charge is -2.26. The number of nitrogens with zero attached hydrogens (tertiary/aromatic N) is 1. The molecular weight excluding hydrogens is 1440 g/mol. The van der Waals surface area contributed by atoms with Crippen molar-refractivity contribution in [1.29, 1.82) is 0 Å². The summed E-state index contributed by atoms with van der Waals surface area (Å²) in [4.78, 5) is 196.